The summed E-state index contributed by atoms with van der Waals surface area (Å²) < 4.78 is 5.49. The molecule has 2 aliphatic rings. The predicted molar refractivity (Wildman–Crippen MR) is 72.5 cm³/mol. The largest absolute Gasteiger partial charge is 0.460 e. The van der Waals surface area contributed by atoms with E-state index in [0.717, 1.165) is 29.8 Å². The number of hydrogen-bond donors (Lipinski definition) is 1. The molecule has 2 heterocycles. The minimum Gasteiger partial charge on any atom is -0.460 e. The molecule has 20 heavy (non-hydrogen) atoms. The van der Waals surface area contributed by atoms with Crippen molar-refractivity contribution in [3.63, 3.8) is 0 Å². The van der Waals surface area contributed by atoms with Crippen molar-refractivity contribution in [2.75, 3.05) is 0 Å². The Morgan fingerprint density at radius 1 is 1.20 bits per heavy atom. The molecule has 0 spiro atoms. The molecule has 1 aromatic carbocycles. The van der Waals surface area contributed by atoms with Crippen molar-refractivity contribution in [1.29, 1.82) is 0 Å². The molecule has 2 aromatic rings. The van der Waals surface area contributed by atoms with Crippen LogP contribution in [-0.4, -0.2) is 15.9 Å². The van der Waals surface area contributed by atoms with Gasteiger partial charge in [0.1, 0.15) is 5.75 Å². The van der Waals surface area contributed by atoms with Crippen molar-refractivity contribution in [3.05, 3.63) is 47.2 Å². The summed E-state index contributed by atoms with van der Waals surface area (Å²) in [6.07, 6.45) is 1.15. The Kier molecular flexibility index (Phi) is 2.41. The van der Waals surface area contributed by atoms with Gasteiger partial charge in [0, 0.05) is 23.1 Å². The number of nitrogens with zero attached hydrogens (tertiary/aromatic N) is 1. The summed E-state index contributed by atoms with van der Waals surface area (Å²) in [5.74, 6) is 0.731. The Hall–Kier alpha value is -2.20. The first-order valence-electron chi connectivity index (χ1n) is 6.75. The summed E-state index contributed by atoms with van der Waals surface area (Å²) in [5, 5.41) is 10.1. The van der Waals surface area contributed by atoms with Crippen LogP contribution in [0.2, 0.25) is 0 Å². The van der Waals surface area contributed by atoms with Gasteiger partial charge in [-0.2, -0.15) is 0 Å². The number of Topliss-reactive ketones (excluding diaryl/α,β-unsaturated/α-hetero) is 1. The van der Waals surface area contributed by atoms with Crippen LogP contribution < -0.4 is 4.74 Å². The minimum absolute atomic E-state index is 0.104. The average molecular weight is 267 g/mol. The number of carbonyl (C=O) groups excluding carboxylic acids is 1. The van der Waals surface area contributed by atoms with E-state index >= 15 is 0 Å². The lowest BCUT2D eigenvalue weighted by atomic mass is 9.91. The van der Waals surface area contributed by atoms with E-state index in [4.69, 9.17) is 4.74 Å². The lowest BCUT2D eigenvalue weighted by Gasteiger charge is -2.26. The highest BCUT2D eigenvalue weighted by atomic mass is 16.6. The van der Waals surface area contributed by atoms with Crippen LogP contribution in [0.3, 0.4) is 0 Å². The second kappa shape index (κ2) is 4.15. The number of aryl methyl sites for hydroxylation is 1. The van der Waals surface area contributed by atoms with Crippen molar-refractivity contribution in [2.24, 2.45) is 0 Å². The predicted octanol–water partition coefficient (Wildman–Crippen LogP) is 2.65. The number of ether oxygens (including phenoxy) is 1. The molecule has 0 saturated heterocycles. The Morgan fingerprint density at radius 2 is 2.05 bits per heavy atom. The molecule has 1 atom stereocenters. The van der Waals surface area contributed by atoms with E-state index in [1.54, 1.807) is 6.07 Å². The van der Waals surface area contributed by atoms with E-state index in [0.29, 0.717) is 23.3 Å². The maximum Gasteiger partial charge on any atom is 0.226 e. The van der Waals surface area contributed by atoms with Gasteiger partial charge in [-0.15, -0.1) is 0 Å². The SMILES string of the molecule is O=C1CCCc2nc3c(cc21)[C@@H](O)Oc1ccccc1-3. The van der Waals surface area contributed by atoms with Gasteiger partial charge in [-0.05, 0) is 31.0 Å². The van der Waals surface area contributed by atoms with Gasteiger partial charge in [0.05, 0.1) is 11.4 Å². The Morgan fingerprint density at radius 3 is 2.95 bits per heavy atom. The number of aromatic nitrogens is 1. The first kappa shape index (κ1) is 11.6. The van der Waals surface area contributed by atoms with E-state index in [9.17, 15) is 9.90 Å². The molecule has 0 radical (unpaired) electrons. The van der Waals surface area contributed by atoms with Gasteiger partial charge >= 0.3 is 0 Å². The second-order valence-corrected chi connectivity index (χ2v) is 5.16. The van der Waals surface area contributed by atoms with E-state index in [1.807, 2.05) is 24.3 Å². The van der Waals surface area contributed by atoms with Crippen molar-refractivity contribution >= 4 is 5.78 Å². The average Bonchev–Trinajstić information content (AvgIpc) is 2.47. The van der Waals surface area contributed by atoms with Crippen LogP contribution in [0.5, 0.6) is 5.75 Å². The molecule has 4 nitrogen and oxygen atoms in total. The fourth-order valence-corrected chi connectivity index (χ4v) is 2.90. The smallest absolute Gasteiger partial charge is 0.226 e. The van der Waals surface area contributed by atoms with Crippen LogP contribution in [0, 0.1) is 0 Å². The van der Waals surface area contributed by atoms with Crippen LogP contribution in [0.4, 0.5) is 0 Å². The van der Waals surface area contributed by atoms with Crippen LogP contribution >= 0.6 is 0 Å². The van der Waals surface area contributed by atoms with E-state index < -0.39 is 6.29 Å². The molecule has 0 fully saturated rings. The zero-order valence-corrected chi connectivity index (χ0v) is 10.8. The standard InChI is InChI=1S/C16H13NO3/c18-13-6-3-5-12-10(13)8-11-15(17-12)9-4-1-2-7-14(9)20-16(11)19/h1-2,4,7-8,16,19H,3,5-6H2/t16-/m0/s1. The van der Waals surface area contributed by atoms with Crippen LogP contribution in [0.1, 0.15) is 40.7 Å². The number of rotatable bonds is 0. The van der Waals surface area contributed by atoms with Gasteiger partial charge in [0.25, 0.3) is 0 Å². The van der Waals surface area contributed by atoms with E-state index in [1.165, 1.54) is 0 Å². The lowest BCUT2D eigenvalue weighted by Crippen LogP contribution is -2.19. The quantitative estimate of drug-likeness (QED) is 0.797. The first-order chi connectivity index (χ1) is 9.74. The molecule has 1 N–H and O–H groups in total. The molecule has 0 bridgehead atoms. The topological polar surface area (TPSA) is 59.4 Å². The summed E-state index contributed by atoms with van der Waals surface area (Å²) in [6.45, 7) is 0. The molecule has 1 aliphatic carbocycles. The Labute approximate surface area is 116 Å². The third-order valence-electron chi connectivity index (χ3n) is 3.90. The number of para-hydroxylation sites is 1. The summed E-state index contributed by atoms with van der Waals surface area (Å²) in [5.41, 5.74) is 3.65. The monoisotopic (exact) mass is 267 g/mol. The van der Waals surface area contributed by atoms with Crippen LogP contribution in [0.15, 0.2) is 30.3 Å². The molecule has 1 aromatic heterocycles. The summed E-state index contributed by atoms with van der Waals surface area (Å²) in [6, 6.07) is 9.26. The van der Waals surface area contributed by atoms with Gasteiger partial charge < -0.3 is 9.84 Å². The number of carbonyl (C=O) groups is 1. The van der Waals surface area contributed by atoms with Gasteiger partial charge in [-0.3, -0.25) is 9.78 Å². The molecule has 1 aliphatic heterocycles. The van der Waals surface area contributed by atoms with Crippen molar-refractivity contribution in [2.45, 2.75) is 25.6 Å². The molecular formula is C16H13NO3. The normalized spacial score (nSPS) is 19.6. The third kappa shape index (κ3) is 1.58. The maximum atomic E-state index is 12.0. The lowest BCUT2D eigenvalue weighted by molar-refractivity contribution is -0.0216. The zero-order valence-electron chi connectivity index (χ0n) is 10.8. The van der Waals surface area contributed by atoms with Crippen LogP contribution in [-0.2, 0) is 6.42 Å². The van der Waals surface area contributed by atoms with Gasteiger partial charge in [-0.1, -0.05) is 12.1 Å². The fourth-order valence-electron chi connectivity index (χ4n) is 2.90. The molecule has 4 heteroatoms. The Bertz CT molecular complexity index is 724. The van der Waals surface area contributed by atoms with Gasteiger partial charge in [0.2, 0.25) is 6.29 Å². The van der Waals surface area contributed by atoms with E-state index in [2.05, 4.69) is 4.98 Å². The number of aliphatic hydroxyl groups excluding tert-OH is 1. The molecule has 0 saturated carbocycles. The second-order valence-electron chi connectivity index (χ2n) is 5.16. The number of ketones is 1. The summed E-state index contributed by atoms with van der Waals surface area (Å²) in [7, 11) is 0. The fraction of sp³-hybridized carbons (Fsp3) is 0.250. The number of benzene rings is 1. The van der Waals surface area contributed by atoms with Gasteiger partial charge in [0.15, 0.2) is 5.78 Å². The molecule has 100 valence electrons. The van der Waals surface area contributed by atoms with Crippen molar-refractivity contribution in [3.8, 4) is 17.0 Å². The highest BCUT2D eigenvalue weighted by Crippen LogP contribution is 2.41. The molecular weight excluding hydrogens is 254 g/mol. The highest BCUT2D eigenvalue weighted by molar-refractivity contribution is 5.98. The summed E-state index contributed by atoms with van der Waals surface area (Å²) >= 11 is 0. The molecule has 0 unspecified atom stereocenters. The number of fused-ring (bicyclic) bond motifs is 4. The number of aliphatic hydroxyl groups is 1. The first-order valence-corrected chi connectivity index (χ1v) is 6.75. The van der Waals surface area contributed by atoms with E-state index in [-0.39, 0.29) is 5.78 Å². The Balaban J connectivity index is 1.98. The number of pyridine rings is 1. The minimum atomic E-state index is -1.06. The molecule has 0 amide bonds. The van der Waals surface area contributed by atoms with Crippen molar-refractivity contribution in [1.82, 2.24) is 4.98 Å². The highest BCUT2D eigenvalue weighted by Gasteiger charge is 2.29. The van der Waals surface area contributed by atoms with Crippen LogP contribution in [0.25, 0.3) is 11.3 Å². The number of hydrogen-bond acceptors (Lipinski definition) is 4. The third-order valence-corrected chi connectivity index (χ3v) is 3.90. The van der Waals surface area contributed by atoms with Gasteiger partial charge in [-0.25, -0.2) is 0 Å². The van der Waals surface area contributed by atoms with Crippen molar-refractivity contribution < 1.29 is 14.6 Å². The molecule has 4 rings (SSSR count). The summed E-state index contributed by atoms with van der Waals surface area (Å²) in [4.78, 5) is 16.6. The maximum absolute atomic E-state index is 12.0. The zero-order chi connectivity index (χ0) is 13.7.